The molecule has 1 N–H and O–H groups in total. The quantitative estimate of drug-likeness (QED) is 0.665. The number of nitrogens with zero attached hydrogens (tertiary/aromatic N) is 1. The molecule has 0 aliphatic carbocycles. The Morgan fingerprint density at radius 3 is 2.39 bits per heavy atom. The van der Waals surface area contributed by atoms with E-state index in [1.807, 2.05) is 12.1 Å². The molecule has 0 bridgehead atoms. The van der Waals surface area contributed by atoms with E-state index in [0.29, 0.717) is 10.2 Å². The van der Waals surface area contributed by atoms with Gasteiger partial charge in [-0.3, -0.25) is 4.72 Å². The minimum Gasteiger partial charge on any atom is -0.465 e. The first-order valence-corrected chi connectivity index (χ1v) is 11.3. The van der Waals surface area contributed by atoms with Crippen LogP contribution in [0.25, 0.3) is 0 Å². The summed E-state index contributed by atoms with van der Waals surface area (Å²) in [6.07, 6.45) is 2.33. The lowest BCUT2D eigenvalue weighted by Crippen LogP contribution is -2.32. The van der Waals surface area contributed by atoms with Gasteiger partial charge in [-0.05, 0) is 77.2 Å². The van der Waals surface area contributed by atoms with Crippen molar-refractivity contribution in [1.29, 1.82) is 0 Å². The Hall–Kier alpha value is -2.06. The highest BCUT2D eigenvalue weighted by Gasteiger charge is 2.20. The molecule has 1 aliphatic rings. The standard InChI is InChI=1S/C20H23BrN2O4S/c1-14-9-11-23(12-10-14)16-5-3-15(4-6-16)22-28(25,26)17-7-8-19(21)18(13-17)20(24)27-2/h3-8,13-14,22H,9-12H2,1-2H3. The van der Waals surface area contributed by atoms with Crippen molar-refractivity contribution < 1.29 is 17.9 Å². The van der Waals surface area contributed by atoms with Gasteiger partial charge < -0.3 is 9.64 Å². The smallest absolute Gasteiger partial charge is 0.339 e. The minimum absolute atomic E-state index is 0.00908. The number of nitrogens with one attached hydrogen (secondary N) is 1. The molecule has 1 heterocycles. The number of methoxy groups -OCH3 is 1. The SMILES string of the molecule is COC(=O)c1cc(S(=O)(=O)Nc2ccc(N3CCC(C)CC3)cc2)ccc1Br. The third-order valence-electron chi connectivity index (χ3n) is 4.92. The van der Waals surface area contributed by atoms with Crippen LogP contribution >= 0.6 is 15.9 Å². The van der Waals surface area contributed by atoms with Gasteiger partial charge in [0.1, 0.15) is 0 Å². The number of carbonyl (C=O) groups is 1. The maximum atomic E-state index is 12.7. The van der Waals surface area contributed by atoms with Crippen molar-refractivity contribution in [2.45, 2.75) is 24.7 Å². The van der Waals surface area contributed by atoms with Crippen molar-refractivity contribution in [2.75, 3.05) is 29.8 Å². The summed E-state index contributed by atoms with van der Waals surface area (Å²) < 4.78 is 33.1. The van der Waals surface area contributed by atoms with Gasteiger partial charge >= 0.3 is 5.97 Å². The number of rotatable bonds is 5. The Balaban J connectivity index is 1.76. The Morgan fingerprint density at radius 1 is 1.14 bits per heavy atom. The van der Waals surface area contributed by atoms with Gasteiger partial charge in [0.05, 0.1) is 17.6 Å². The highest BCUT2D eigenvalue weighted by molar-refractivity contribution is 9.10. The highest BCUT2D eigenvalue weighted by atomic mass is 79.9. The molecule has 1 aliphatic heterocycles. The Kier molecular flexibility index (Phi) is 6.30. The van der Waals surface area contributed by atoms with Gasteiger partial charge in [-0.2, -0.15) is 0 Å². The molecular weight excluding hydrogens is 444 g/mol. The van der Waals surface area contributed by atoms with Crippen molar-refractivity contribution in [3.8, 4) is 0 Å². The first kappa shape index (κ1) is 20.7. The van der Waals surface area contributed by atoms with Gasteiger partial charge in [0, 0.05) is 28.9 Å². The van der Waals surface area contributed by atoms with E-state index in [0.717, 1.165) is 24.7 Å². The summed E-state index contributed by atoms with van der Waals surface area (Å²) in [6, 6.07) is 11.6. The number of anilines is 2. The third-order valence-corrected chi connectivity index (χ3v) is 6.99. The Bertz CT molecular complexity index is 953. The van der Waals surface area contributed by atoms with E-state index < -0.39 is 16.0 Å². The van der Waals surface area contributed by atoms with Gasteiger partial charge in [0.25, 0.3) is 10.0 Å². The monoisotopic (exact) mass is 466 g/mol. The predicted octanol–water partition coefficient (Wildman–Crippen LogP) is 4.27. The summed E-state index contributed by atoms with van der Waals surface area (Å²) >= 11 is 3.23. The molecule has 0 atom stereocenters. The molecule has 6 nitrogen and oxygen atoms in total. The average Bonchev–Trinajstić information content (AvgIpc) is 2.68. The van der Waals surface area contributed by atoms with E-state index in [1.165, 1.54) is 38.2 Å². The summed E-state index contributed by atoms with van der Waals surface area (Å²) in [4.78, 5) is 14.1. The second-order valence-corrected chi connectivity index (χ2v) is 9.49. The third kappa shape index (κ3) is 4.67. The van der Waals surface area contributed by atoms with Crippen LogP contribution in [0.15, 0.2) is 51.8 Å². The van der Waals surface area contributed by atoms with Crippen LogP contribution in [0.2, 0.25) is 0 Å². The maximum absolute atomic E-state index is 12.7. The second-order valence-electron chi connectivity index (χ2n) is 6.96. The van der Waals surface area contributed by atoms with Crippen LogP contribution in [0, 0.1) is 5.92 Å². The minimum atomic E-state index is -3.83. The van der Waals surface area contributed by atoms with Crippen LogP contribution in [-0.2, 0) is 14.8 Å². The molecule has 0 amide bonds. The highest BCUT2D eigenvalue weighted by Crippen LogP contribution is 2.26. The van der Waals surface area contributed by atoms with Crippen LogP contribution in [0.3, 0.4) is 0 Å². The zero-order chi connectivity index (χ0) is 20.3. The lowest BCUT2D eigenvalue weighted by molar-refractivity contribution is 0.0599. The van der Waals surface area contributed by atoms with E-state index in [4.69, 9.17) is 4.74 Å². The molecular formula is C20H23BrN2O4S. The van der Waals surface area contributed by atoms with E-state index in [1.54, 1.807) is 12.1 Å². The summed E-state index contributed by atoms with van der Waals surface area (Å²) in [5, 5.41) is 0. The number of hydrogen-bond acceptors (Lipinski definition) is 5. The predicted molar refractivity (Wildman–Crippen MR) is 113 cm³/mol. The summed E-state index contributed by atoms with van der Waals surface area (Å²) in [5.74, 6) is 0.146. The molecule has 2 aromatic carbocycles. The van der Waals surface area contributed by atoms with Gasteiger partial charge in [-0.1, -0.05) is 6.92 Å². The molecule has 3 rings (SSSR count). The molecule has 1 saturated heterocycles. The number of sulfonamides is 1. The fourth-order valence-electron chi connectivity index (χ4n) is 3.16. The van der Waals surface area contributed by atoms with Gasteiger partial charge in [0.15, 0.2) is 0 Å². The number of ether oxygens (including phenoxy) is 1. The van der Waals surface area contributed by atoms with E-state index in [9.17, 15) is 13.2 Å². The molecule has 2 aromatic rings. The van der Waals surface area contributed by atoms with E-state index >= 15 is 0 Å². The van der Waals surface area contributed by atoms with Gasteiger partial charge in [-0.15, -0.1) is 0 Å². The molecule has 8 heteroatoms. The van der Waals surface area contributed by atoms with E-state index in [2.05, 4.69) is 32.5 Å². The number of halogens is 1. The topological polar surface area (TPSA) is 75.7 Å². The molecule has 0 saturated carbocycles. The molecule has 0 aromatic heterocycles. The van der Waals surface area contributed by atoms with Crippen molar-refractivity contribution in [1.82, 2.24) is 0 Å². The summed E-state index contributed by atoms with van der Waals surface area (Å²) in [6.45, 7) is 4.30. The van der Waals surface area contributed by atoms with E-state index in [-0.39, 0.29) is 10.5 Å². The maximum Gasteiger partial charge on any atom is 0.339 e. The Labute approximate surface area is 174 Å². The van der Waals surface area contributed by atoms with Gasteiger partial charge in [-0.25, -0.2) is 13.2 Å². The van der Waals surface area contributed by atoms with Crippen LogP contribution in [0.1, 0.15) is 30.1 Å². The number of carbonyl (C=O) groups excluding carboxylic acids is 1. The van der Waals surface area contributed by atoms with Crippen molar-refractivity contribution in [2.24, 2.45) is 5.92 Å². The fraction of sp³-hybridized carbons (Fsp3) is 0.350. The van der Waals surface area contributed by atoms with Crippen LogP contribution in [0.5, 0.6) is 0 Å². The molecule has 150 valence electrons. The number of hydrogen-bond donors (Lipinski definition) is 1. The van der Waals surface area contributed by atoms with Crippen LogP contribution in [-0.4, -0.2) is 34.6 Å². The molecule has 28 heavy (non-hydrogen) atoms. The average molecular weight is 467 g/mol. The molecule has 1 fully saturated rings. The van der Waals surface area contributed by atoms with Gasteiger partial charge in [0.2, 0.25) is 0 Å². The Morgan fingerprint density at radius 2 is 1.79 bits per heavy atom. The van der Waals surface area contributed by atoms with Crippen LogP contribution in [0.4, 0.5) is 11.4 Å². The zero-order valence-corrected chi connectivity index (χ0v) is 18.2. The lowest BCUT2D eigenvalue weighted by atomic mass is 9.99. The lowest BCUT2D eigenvalue weighted by Gasteiger charge is -2.32. The summed E-state index contributed by atoms with van der Waals surface area (Å²) in [7, 11) is -2.58. The molecule has 0 unspecified atom stereocenters. The van der Waals surface area contributed by atoms with Crippen molar-refractivity contribution in [3.05, 3.63) is 52.5 Å². The van der Waals surface area contributed by atoms with Crippen molar-refractivity contribution in [3.63, 3.8) is 0 Å². The molecule has 0 spiro atoms. The zero-order valence-electron chi connectivity index (χ0n) is 15.8. The number of benzene rings is 2. The fourth-order valence-corrected chi connectivity index (χ4v) is 4.65. The first-order chi connectivity index (χ1) is 13.3. The normalized spacial score (nSPS) is 15.3. The molecule has 0 radical (unpaired) electrons. The second kappa shape index (κ2) is 8.53. The summed E-state index contributed by atoms with van der Waals surface area (Å²) in [5.41, 5.74) is 1.71. The number of esters is 1. The first-order valence-electron chi connectivity index (χ1n) is 9.06. The van der Waals surface area contributed by atoms with Crippen molar-refractivity contribution >= 4 is 43.3 Å². The van der Waals surface area contributed by atoms with Crippen LogP contribution < -0.4 is 9.62 Å². The largest absolute Gasteiger partial charge is 0.465 e. The number of piperidine rings is 1.